The van der Waals surface area contributed by atoms with E-state index in [2.05, 4.69) is 5.16 Å². The second-order valence-electron chi connectivity index (χ2n) is 3.49. The van der Waals surface area contributed by atoms with Crippen molar-refractivity contribution in [1.82, 2.24) is 0 Å². The van der Waals surface area contributed by atoms with Crippen molar-refractivity contribution in [1.29, 1.82) is 0 Å². The molecule has 18 heavy (non-hydrogen) atoms. The molecule has 3 N–H and O–H groups in total. The van der Waals surface area contributed by atoms with Gasteiger partial charge in [0.15, 0.2) is 5.84 Å². The summed E-state index contributed by atoms with van der Waals surface area (Å²) in [5, 5.41) is 11.1. The van der Waals surface area contributed by atoms with Gasteiger partial charge in [0.1, 0.15) is 30.1 Å². The third kappa shape index (κ3) is 4.54. The van der Waals surface area contributed by atoms with Crippen molar-refractivity contribution in [3.8, 4) is 5.75 Å². The molecule has 1 rings (SSSR count). The number of nitrogens with two attached hydrogens (primary N) is 1. The molecule has 0 saturated heterocycles. The molecule has 0 fully saturated rings. The predicted octanol–water partition coefficient (Wildman–Crippen LogP) is 1.50. The van der Waals surface area contributed by atoms with E-state index in [0.29, 0.717) is 0 Å². The van der Waals surface area contributed by atoms with Gasteiger partial charge in [0.05, 0.1) is 6.61 Å². The molecule has 0 aliphatic rings. The molecule has 0 amide bonds. The van der Waals surface area contributed by atoms with Crippen LogP contribution in [0.1, 0.15) is 6.92 Å². The molecule has 0 heterocycles. The van der Waals surface area contributed by atoms with Crippen molar-refractivity contribution < 1.29 is 23.5 Å². The highest BCUT2D eigenvalue weighted by molar-refractivity contribution is 5.83. The molecule has 0 radical (unpaired) electrons. The minimum atomic E-state index is -0.712. The van der Waals surface area contributed by atoms with Crippen LogP contribution in [0.2, 0.25) is 0 Å². The molecule has 0 saturated carbocycles. The Morgan fingerprint density at radius 1 is 1.33 bits per heavy atom. The maximum absolute atomic E-state index is 12.8. The molecule has 0 aromatic heterocycles. The van der Waals surface area contributed by atoms with Crippen LogP contribution >= 0.6 is 0 Å². The summed E-state index contributed by atoms with van der Waals surface area (Å²) in [6.07, 6.45) is -0.567. The van der Waals surface area contributed by atoms with Gasteiger partial charge >= 0.3 is 0 Å². The number of amidine groups is 1. The molecule has 7 heteroatoms. The maximum atomic E-state index is 12.8. The van der Waals surface area contributed by atoms with E-state index < -0.39 is 17.7 Å². The monoisotopic (exact) mass is 260 g/mol. The standard InChI is InChI=1S/C11H14F2N2O3/c1-7(11(14)15-16)17-2-3-18-10-5-8(12)4-9(13)6-10/h4-7,16H,2-3H2,1H3,(H2,14,15). The second kappa shape index (κ2) is 6.75. The van der Waals surface area contributed by atoms with Gasteiger partial charge in [0, 0.05) is 18.2 Å². The minimum Gasteiger partial charge on any atom is -0.491 e. The van der Waals surface area contributed by atoms with Gasteiger partial charge in [-0.3, -0.25) is 0 Å². The van der Waals surface area contributed by atoms with Crippen molar-refractivity contribution in [3.05, 3.63) is 29.8 Å². The van der Waals surface area contributed by atoms with Crippen LogP contribution in [-0.2, 0) is 4.74 Å². The van der Waals surface area contributed by atoms with E-state index in [1.807, 2.05) is 0 Å². The van der Waals surface area contributed by atoms with Gasteiger partial charge in [-0.15, -0.1) is 0 Å². The van der Waals surface area contributed by atoms with Crippen molar-refractivity contribution >= 4 is 5.84 Å². The molecule has 1 atom stereocenters. The van der Waals surface area contributed by atoms with Crippen LogP contribution in [0.3, 0.4) is 0 Å². The van der Waals surface area contributed by atoms with Crippen LogP contribution < -0.4 is 10.5 Å². The van der Waals surface area contributed by atoms with E-state index in [-0.39, 0.29) is 24.8 Å². The molecule has 0 bridgehead atoms. The summed E-state index contributed by atoms with van der Waals surface area (Å²) >= 11 is 0. The number of hydrogen-bond donors (Lipinski definition) is 2. The Morgan fingerprint density at radius 3 is 2.50 bits per heavy atom. The highest BCUT2D eigenvalue weighted by Crippen LogP contribution is 2.15. The zero-order valence-corrected chi connectivity index (χ0v) is 9.77. The van der Waals surface area contributed by atoms with E-state index in [1.54, 1.807) is 6.92 Å². The number of benzene rings is 1. The molecule has 1 aromatic carbocycles. The summed E-state index contributed by atoms with van der Waals surface area (Å²) in [5.74, 6) is -1.41. The fraction of sp³-hybridized carbons (Fsp3) is 0.364. The van der Waals surface area contributed by atoms with Crippen LogP contribution in [0.15, 0.2) is 23.4 Å². The van der Waals surface area contributed by atoms with Crippen LogP contribution in [0.4, 0.5) is 8.78 Å². The fourth-order valence-corrected chi connectivity index (χ4v) is 1.16. The number of nitrogens with zero attached hydrogens (tertiary/aromatic N) is 1. The summed E-state index contributed by atoms with van der Waals surface area (Å²) in [7, 11) is 0. The topological polar surface area (TPSA) is 77.1 Å². The second-order valence-corrected chi connectivity index (χ2v) is 3.49. The predicted molar refractivity (Wildman–Crippen MR) is 60.7 cm³/mol. The molecule has 0 spiro atoms. The van der Waals surface area contributed by atoms with Gasteiger partial charge in [0.25, 0.3) is 0 Å². The van der Waals surface area contributed by atoms with Crippen LogP contribution in [-0.4, -0.2) is 30.4 Å². The van der Waals surface area contributed by atoms with Crippen molar-refractivity contribution in [2.24, 2.45) is 10.9 Å². The largest absolute Gasteiger partial charge is 0.491 e. The third-order valence-corrected chi connectivity index (χ3v) is 2.09. The highest BCUT2D eigenvalue weighted by atomic mass is 19.1. The quantitative estimate of drug-likeness (QED) is 0.267. The zero-order chi connectivity index (χ0) is 13.5. The number of hydrogen-bond acceptors (Lipinski definition) is 4. The SMILES string of the molecule is CC(OCCOc1cc(F)cc(F)c1)/C(N)=N/O. The summed E-state index contributed by atoms with van der Waals surface area (Å²) in [6, 6.07) is 2.88. The maximum Gasteiger partial charge on any atom is 0.168 e. The van der Waals surface area contributed by atoms with Gasteiger partial charge in [-0.05, 0) is 6.92 Å². The lowest BCUT2D eigenvalue weighted by atomic mass is 10.3. The molecular formula is C11H14F2N2O3. The molecule has 0 aliphatic carbocycles. The summed E-state index contributed by atoms with van der Waals surface area (Å²) < 4.78 is 35.8. The molecular weight excluding hydrogens is 246 g/mol. The third-order valence-electron chi connectivity index (χ3n) is 2.09. The average Bonchev–Trinajstić information content (AvgIpc) is 2.32. The number of oxime groups is 1. The minimum absolute atomic E-state index is 0.0631. The number of halogens is 2. The summed E-state index contributed by atoms with van der Waals surface area (Å²) in [5.41, 5.74) is 5.28. The summed E-state index contributed by atoms with van der Waals surface area (Å²) in [4.78, 5) is 0. The van der Waals surface area contributed by atoms with E-state index in [1.165, 1.54) is 0 Å². The first-order valence-electron chi connectivity index (χ1n) is 5.21. The first-order valence-corrected chi connectivity index (χ1v) is 5.21. The number of rotatable bonds is 6. The number of ether oxygens (including phenoxy) is 2. The van der Waals surface area contributed by atoms with Gasteiger partial charge < -0.3 is 20.4 Å². The lowest BCUT2D eigenvalue weighted by molar-refractivity contribution is 0.0776. The van der Waals surface area contributed by atoms with E-state index in [4.69, 9.17) is 20.4 Å². The molecule has 0 aliphatic heterocycles. The lowest BCUT2D eigenvalue weighted by Crippen LogP contribution is -2.30. The van der Waals surface area contributed by atoms with E-state index in [9.17, 15) is 8.78 Å². The highest BCUT2D eigenvalue weighted by Gasteiger charge is 2.07. The smallest absolute Gasteiger partial charge is 0.168 e. The van der Waals surface area contributed by atoms with Crippen LogP contribution in [0, 0.1) is 11.6 Å². The van der Waals surface area contributed by atoms with Crippen molar-refractivity contribution in [2.45, 2.75) is 13.0 Å². The van der Waals surface area contributed by atoms with Crippen molar-refractivity contribution in [2.75, 3.05) is 13.2 Å². The Bertz CT molecular complexity index is 406. The normalized spacial score (nSPS) is 13.4. The Kier molecular flexibility index (Phi) is 5.31. The zero-order valence-electron chi connectivity index (χ0n) is 9.77. The average molecular weight is 260 g/mol. The fourth-order valence-electron chi connectivity index (χ4n) is 1.16. The first-order chi connectivity index (χ1) is 8.52. The Labute approximate surface area is 103 Å². The van der Waals surface area contributed by atoms with E-state index >= 15 is 0 Å². The van der Waals surface area contributed by atoms with Crippen LogP contribution in [0.25, 0.3) is 0 Å². The molecule has 1 aromatic rings. The molecule has 1 unspecified atom stereocenters. The molecule has 100 valence electrons. The lowest BCUT2D eigenvalue weighted by Gasteiger charge is -2.12. The summed E-state index contributed by atoms with van der Waals surface area (Å²) in [6.45, 7) is 1.82. The van der Waals surface area contributed by atoms with Gasteiger partial charge in [-0.2, -0.15) is 0 Å². The van der Waals surface area contributed by atoms with Gasteiger partial charge in [0.2, 0.25) is 0 Å². The van der Waals surface area contributed by atoms with Crippen molar-refractivity contribution in [3.63, 3.8) is 0 Å². The van der Waals surface area contributed by atoms with Crippen LogP contribution in [0.5, 0.6) is 5.75 Å². The van der Waals surface area contributed by atoms with E-state index in [0.717, 1.165) is 18.2 Å². The van der Waals surface area contributed by atoms with Gasteiger partial charge in [-0.25, -0.2) is 8.78 Å². The Morgan fingerprint density at radius 2 is 1.94 bits per heavy atom. The Hall–Kier alpha value is -1.89. The molecule has 5 nitrogen and oxygen atoms in total. The van der Waals surface area contributed by atoms with Gasteiger partial charge in [-0.1, -0.05) is 5.16 Å². The Balaban J connectivity index is 2.34. The first kappa shape index (κ1) is 14.2.